The molecule has 0 N–H and O–H groups in total. The van der Waals surface area contributed by atoms with Gasteiger partial charge in [0, 0.05) is 26.2 Å². The maximum absolute atomic E-state index is 13.3. The quantitative estimate of drug-likeness (QED) is 0.712. The molecule has 148 valence electrons. The van der Waals surface area contributed by atoms with Crippen molar-refractivity contribution in [2.45, 2.75) is 39.3 Å². The van der Waals surface area contributed by atoms with Gasteiger partial charge >= 0.3 is 6.18 Å². The molecule has 4 rings (SSSR count). The van der Waals surface area contributed by atoms with Crippen molar-refractivity contribution in [1.82, 2.24) is 15.1 Å². The Morgan fingerprint density at radius 2 is 1.89 bits per heavy atom. The second kappa shape index (κ2) is 5.93. The van der Waals surface area contributed by atoms with E-state index in [4.69, 9.17) is 0 Å². The normalized spacial score (nSPS) is 30.3. The van der Waals surface area contributed by atoms with Gasteiger partial charge in [0.05, 0.1) is 5.41 Å². The molecule has 0 aromatic carbocycles. The van der Waals surface area contributed by atoms with Crippen LogP contribution in [0.1, 0.15) is 38.1 Å². The number of carbonyl (C=O) groups is 1. The highest BCUT2D eigenvalue weighted by atomic mass is 32.1. The number of halogens is 3. The number of alkyl halides is 3. The third kappa shape index (κ3) is 2.77. The van der Waals surface area contributed by atoms with Gasteiger partial charge in [-0.05, 0) is 30.6 Å². The van der Waals surface area contributed by atoms with Crippen molar-refractivity contribution in [2.24, 2.45) is 16.7 Å². The minimum Gasteiger partial charge on any atom is -0.343 e. The van der Waals surface area contributed by atoms with E-state index in [0.717, 1.165) is 24.8 Å². The summed E-state index contributed by atoms with van der Waals surface area (Å²) in [5.74, 6) is 0.658. The molecular formula is C18H23F3N4OS. The highest BCUT2D eigenvalue weighted by Crippen LogP contribution is 2.65. The molecule has 2 aliphatic carbocycles. The van der Waals surface area contributed by atoms with E-state index >= 15 is 0 Å². The molecule has 1 amide bonds. The van der Waals surface area contributed by atoms with Crippen LogP contribution in [0, 0.1) is 16.7 Å². The summed E-state index contributed by atoms with van der Waals surface area (Å²) in [4.78, 5) is 17.0. The largest absolute Gasteiger partial charge is 0.445 e. The number of hydrogen-bond acceptors (Lipinski definition) is 5. The number of carbonyl (C=O) groups excluding carboxylic acids is 1. The zero-order chi connectivity index (χ0) is 19.6. The van der Waals surface area contributed by atoms with Crippen molar-refractivity contribution in [3.63, 3.8) is 0 Å². The molecule has 1 aromatic rings. The number of piperazine rings is 1. The lowest BCUT2D eigenvalue weighted by Crippen LogP contribution is -2.53. The van der Waals surface area contributed by atoms with Gasteiger partial charge in [0.15, 0.2) is 0 Å². The molecule has 5 nitrogen and oxygen atoms in total. The van der Waals surface area contributed by atoms with Gasteiger partial charge in [-0.25, -0.2) is 0 Å². The minimum atomic E-state index is -4.47. The number of amides is 1. The van der Waals surface area contributed by atoms with Crippen LogP contribution in [0.5, 0.6) is 0 Å². The first-order chi connectivity index (χ1) is 12.6. The molecule has 3 fully saturated rings. The predicted molar refractivity (Wildman–Crippen MR) is 96.4 cm³/mol. The van der Waals surface area contributed by atoms with Gasteiger partial charge in [0.25, 0.3) is 0 Å². The Morgan fingerprint density at radius 3 is 2.41 bits per heavy atom. The molecule has 0 unspecified atom stereocenters. The molecular weight excluding hydrogens is 377 g/mol. The number of rotatable bonds is 2. The first kappa shape index (κ1) is 18.7. The lowest BCUT2D eigenvalue weighted by atomic mass is 9.68. The summed E-state index contributed by atoms with van der Waals surface area (Å²) in [6, 6.07) is 0. The minimum absolute atomic E-state index is 0.00368. The summed E-state index contributed by atoms with van der Waals surface area (Å²) in [5, 5.41) is 6.25. The third-order valence-corrected chi connectivity index (χ3v) is 7.82. The Bertz CT molecular complexity index is 782. The first-order valence-electron chi connectivity index (χ1n) is 9.20. The van der Waals surface area contributed by atoms with Crippen LogP contribution in [-0.2, 0) is 11.0 Å². The van der Waals surface area contributed by atoms with Gasteiger partial charge in [-0.15, -0.1) is 10.2 Å². The van der Waals surface area contributed by atoms with Crippen LogP contribution in [0.15, 0.2) is 12.2 Å². The van der Waals surface area contributed by atoms with Gasteiger partial charge in [0.1, 0.15) is 0 Å². The lowest BCUT2D eigenvalue weighted by Gasteiger charge is -2.42. The molecule has 9 heteroatoms. The summed E-state index contributed by atoms with van der Waals surface area (Å²) in [6.45, 7) is 10.5. The average Bonchev–Trinajstić information content (AvgIpc) is 3.31. The van der Waals surface area contributed by atoms with Crippen molar-refractivity contribution in [2.75, 3.05) is 31.1 Å². The Morgan fingerprint density at radius 1 is 1.22 bits per heavy atom. The number of nitrogens with zero attached hydrogens (tertiary/aromatic N) is 4. The van der Waals surface area contributed by atoms with Crippen LogP contribution in [0.4, 0.5) is 18.3 Å². The van der Waals surface area contributed by atoms with Crippen LogP contribution in [0.25, 0.3) is 0 Å². The van der Waals surface area contributed by atoms with E-state index in [2.05, 4.69) is 30.6 Å². The smallest absolute Gasteiger partial charge is 0.343 e. The zero-order valence-electron chi connectivity index (χ0n) is 15.5. The molecule has 2 saturated carbocycles. The SMILES string of the molecule is C=C1C(C)(C)[C@H]2CC[C@]1(C(=O)N1CCN(c3nnc(C(F)(F)F)s3)CC1)C2. The van der Waals surface area contributed by atoms with Crippen molar-refractivity contribution < 1.29 is 18.0 Å². The van der Waals surface area contributed by atoms with Crippen LogP contribution < -0.4 is 4.90 Å². The average molecular weight is 400 g/mol. The molecule has 1 aromatic heterocycles. The molecule has 3 aliphatic rings. The van der Waals surface area contributed by atoms with Crippen molar-refractivity contribution in [3.8, 4) is 0 Å². The second-order valence-electron chi connectivity index (χ2n) is 8.39. The third-order valence-electron chi connectivity index (χ3n) is 6.79. The fourth-order valence-corrected chi connectivity index (χ4v) is 5.75. The van der Waals surface area contributed by atoms with Crippen LogP contribution in [0.3, 0.4) is 0 Å². The summed E-state index contributed by atoms with van der Waals surface area (Å²) in [7, 11) is 0. The molecule has 1 aliphatic heterocycles. The van der Waals surface area contributed by atoms with Crippen molar-refractivity contribution >= 4 is 22.4 Å². The van der Waals surface area contributed by atoms with Gasteiger partial charge in [-0.1, -0.05) is 37.3 Å². The Hall–Kier alpha value is -1.64. The van der Waals surface area contributed by atoms with E-state index < -0.39 is 16.6 Å². The number of hydrogen-bond donors (Lipinski definition) is 0. The van der Waals surface area contributed by atoms with E-state index in [1.165, 1.54) is 0 Å². The highest BCUT2D eigenvalue weighted by Gasteiger charge is 2.61. The van der Waals surface area contributed by atoms with E-state index in [9.17, 15) is 18.0 Å². The molecule has 2 bridgehead atoms. The number of fused-ring (bicyclic) bond motifs is 2. The summed E-state index contributed by atoms with van der Waals surface area (Å²) in [5.41, 5.74) is 0.608. The Labute approximate surface area is 160 Å². The van der Waals surface area contributed by atoms with Crippen molar-refractivity contribution in [1.29, 1.82) is 0 Å². The monoisotopic (exact) mass is 400 g/mol. The molecule has 1 saturated heterocycles. The summed E-state index contributed by atoms with van der Waals surface area (Å²) in [6.07, 6.45) is -1.67. The Kier molecular flexibility index (Phi) is 4.11. The molecule has 27 heavy (non-hydrogen) atoms. The van der Waals surface area contributed by atoms with Gasteiger partial charge in [0.2, 0.25) is 16.0 Å². The maximum Gasteiger partial charge on any atom is 0.445 e. The van der Waals surface area contributed by atoms with Gasteiger partial charge in [-0.3, -0.25) is 4.79 Å². The van der Waals surface area contributed by atoms with Crippen LogP contribution in [0.2, 0.25) is 0 Å². The first-order valence-corrected chi connectivity index (χ1v) is 10.0. The summed E-state index contributed by atoms with van der Waals surface area (Å²) >= 11 is 0.553. The second-order valence-corrected chi connectivity index (χ2v) is 9.34. The molecule has 2 heterocycles. The lowest BCUT2D eigenvalue weighted by molar-refractivity contribution is -0.140. The fraction of sp³-hybridized carbons (Fsp3) is 0.722. The molecule has 0 radical (unpaired) electrons. The van der Waals surface area contributed by atoms with Crippen LogP contribution in [-0.4, -0.2) is 47.2 Å². The number of anilines is 1. The topological polar surface area (TPSA) is 49.3 Å². The zero-order valence-corrected chi connectivity index (χ0v) is 16.3. The summed E-state index contributed by atoms with van der Waals surface area (Å²) < 4.78 is 38.2. The molecule has 0 spiro atoms. The molecule has 2 atom stereocenters. The Balaban J connectivity index is 1.43. The predicted octanol–water partition coefficient (Wildman–Crippen LogP) is 3.59. The standard InChI is InChI=1S/C18H23F3N4OS/c1-11-16(2,3)12-4-5-17(11,10-12)14(26)24-6-8-25(9-7-24)15-23-22-13(27-15)18(19,20)21/h12H,1,4-10H2,2-3H3/t12-,17-/m0/s1. The van der Waals surface area contributed by atoms with E-state index in [1.54, 1.807) is 4.90 Å². The maximum atomic E-state index is 13.3. The van der Waals surface area contributed by atoms with Gasteiger partial charge in [-0.2, -0.15) is 13.2 Å². The fourth-order valence-electron chi connectivity index (χ4n) is 4.98. The van der Waals surface area contributed by atoms with Crippen molar-refractivity contribution in [3.05, 3.63) is 17.2 Å². The van der Waals surface area contributed by atoms with Crippen LogP contribution >= 0.6 is 11.3 Å². The number of aromatic nitrogens is 2. The van der Waals surface area contributed by atoms with E-state index in [-0.39, 0.29) is 16.5 Å². The highest BCUT2D eigenvalue weighted by molar-refractivity contribution is 7.15. The van der Waals surface area contributed by atoms with E-state index in [1.807, 2.05) is 4.90 Å². The van der Waals surface area contributed by atoms with Gasteiger partial charge < -0.3 is 9.80 Å². The van der Waals surface area contributed by atoms with E-state index in [0.29, 0.717) is 43.4 Å².